The van der Waals surface area contributed by atoms with Crippen molar-refractivity contribution in [2.45, 2.75) is 16.3 Å². The van der Waals surface area contributed by atoms with E-state index in [1.54, 1.807) is 0 Å². The second-order valence-corrected chi connectivity index (χ2v) is 9.18. The molecule has 2 nitrogen and oxygen atoms in total. The lowest BCUT2D eigenvalue weighted by molar-refractivity contribution is 0.0954. The standard InChI is InChI=1S/C27H24INOS/c28-18-20-13-15-21(16-14-20)24(19-29-27(30)25-12-7-17-31-25)26(22-8-3-1-4-9-22)23-10-5-2-6-11-23/h1-17,24,26H,18-19H2,(H,29,30). The van der Waals surface area contributed by atoms with E-state index in [-0.39, 0.29) is 17.7 Å². The largest absolute Gasteiger partial charge is 0.351 e. The minimum atomic E-state index is -0.0104. The number of rotatable bonds is 8. The predicted molar refractivity (Wildman–Crippen MR) is 138 cm³/mol. The van der Waals surface area contributed by atoms with Crippen LogP contribution in [0, 0.1) is 0 Å². The maximum Gasteiger partial charge on any atom is 0.261 e. The summed E-state index contributed by atoms with van der Waals surface area (Å²) in [7, 11) is 0. The fourth-order valence-electron chi connectivity index (χ4n) is 3.96. The molecule has 1 heterocycles. The number of alkyl halides is 1. The summed E-state index contributed by atoms with van der Waals surface area (Å²) in [6.45, 7) is 0.564. The first-order chi connectivity index (χ1) is 15.3. The second kappa shape index (κ2) is 10.7. The highest BCUT2D eigenvalue weighted by Gasteiger charge is 2.27. The summed E-state index contributed by atoms with van der Waals surface area (Å²) in [6, 6.07) is 33.8. The molecule has 1 amide bonds. The molecule has 1 N–H and O–H groups in total. The Morgan fingerprint density at radius 3 is 1.90 bits per heavy atom. The molecule has 0 radical (unpaired) electrons. The van der Waals surface area contributed by atoms with Crippen LogP contribution in [0.4, 0.5) is 0 Å². The smallest absolute Gasteiger partial charge is 0.261 e. The number of thiophene rings is 1. The van der Waals surface area contributed by atoms with Crippen LogP contribution >= 0.6 is 33.9 Å². The van der Waals surface area contributed by atoms with Gasteiger partial charge in [-0.2, -0.15) is 0 Å². The van der Waals surface area contributed by atoms with Crippen molar-refractivity contribution in [3.8, 4) is 0 Å². The van der Waals surface area contributed by atoms with Gasteiger partial charge in [-0.3, -0.25) is 4.79 Å². The predicted octanol–water partition coefficient (Wildman–Crippen LogP) is 7.03. The number of nitrogens with one attached hydrogen (secondary N) is 1. The first kappa shape index (κ1) is 21.8. The van der Waals surface area contributed by atoms with E-state index in [9.17, 15) is 4.79 Å². The van der Waals surface area contributed by atoms with Gasteiger partial charge in [0.15, 0.2) is 0 Å². The number of hydrogen-bond acceptors (Lipinski definition) is 2. The van der Waals surface area contributed by atoms with Crippen molar-refractivity contribution < 1.29 is 4.79 Å². The third kappa shape index (κ3) is 5.43. The molecule has 0 saturated heterocycles. The van der Waals surface area contributed by atoms with Crippen LogP contribution in [0.25, 0.3) is 0 Å². The number of carbonyl (C=O) groups is 1. The molecule has 4 aromatic rings. The van der Waals surface area contributed by atoms with Gasteiger partial charge in [0.1, 0.15) is 0 Å². The summed E-state index contributed by atoms with van der Waals surface area (Å²) in [5.74, 6) is 0.234. The number of halogens is 1. The highest BCUT2D eigenvalue weighted by atomic mass is 127. The number of amides is 1. The normalized spacial score (nSPS) is 11.9. The zero-order valence-corrected chi connectivity index (χ0v) is 20.1. The van der Waals surface area contributed by atoms with Gasteiger partial charge in [0, 0.05) is 22.8 Å². The molecule has 4 heteroatoms. The molecule has 0 fully saturated rings. The lowest BCUT2D eigenvalue weighted by Crippen LogP contribution is -2.31. The van der Waals surface area contributed by atoms with E-state index >= 15 is 0 Å². The topological polar surface area (TPSA) is 29.1 Å². The van der Waals surface area contributed by atoms with Gasteiger partial charge in [-0.1, -0.05) is 114 Å². The van der Waals surface area contributed by atoms with Crippen LogP contribution in [0.3, 0.4) is 0 Å². The zero-order chi connectivity index (χ0) is 21.5. The van der Waals surface area contributed by atoms with Crippen molar-refractivity contribution in [3.05, 3.63) is 130 Å². The number of benzene rings is 3. The Hall–Kier alpha value is -2.44. The Balaban J connectivity index is 1.73. The minimum absolute atomic E-state index is 0.0104. The molecule has 4 rings (SSSR count). The molecule has 1 aromatic heterocycles. The molecule has 0 aliphatic rings. The van der Waals surface area contributed by atoms with Crippen molar-refractivity contribution in [1.29, 1.82) is 0 Å². The highest BCUT2D eigenvalue weighted by Crippen LogP contribution is 2.38. The van der Waals surface area contributed by atoms with E-state index in [1.165, 1.54) is 33.6 Å². The second-order valence-electron chi connectivity index (χ2n) is 7.47. The maximum atomic E-state index is 12.7. The molecular weight excluding hydrogens is 513 g/mol. The van der Waals surface area contributed by atoms with Gasteiger partial charge in [-0.15, -0.1) is 11.3 Å². The van der Waals surface area contributed by atoms with Crippen molar-refractivity contribution in [3.63, 3.8) is 0 Å². The van der Waals surface area contributed by atoms with Crippen molar-refractivity contribution in [2.75, 3.05) is 6.54 Å². The molecular formula is C27H24INOS. The fourth-order valence-corrected chi connectivity index (χ4v) is 5.11. The molecule has 0 aliphatic heterocycles. The highest BCUT2D eigenvalue weighted by molar-refractivity contribution is 14.1. The summed E-state index contributed by atoms with van der Waals surface area (Å²) in [4.78, 5) is 13.5. The van der Waals surface area contributed by atoms with Crippen LogP contribution in [0.5, 0.6) is 0 Å². The van der Waals surface area contributed by atoms with Crippen LogP contribution in [0.15, 0.2) is 102 Å². The van der Waals surface area contributed by atoms with E-state index in [0.29, 0.717) is 6.54 Å². The number of hydrogen-bond donors (Lipinski definition) is 1. The van der Waals surface area contributed by atoms with Crippen LogP contribution in [0.1, 0.15) is 43.8 Å². The molecule has 0 bridgehead atoms. The van der Waals surface area contributed by atoms with E-state index in [0.717, 1.165) is 9.30 Å². The van der Waals surface area contributed by atoms with E-state index in [2.05, 4.69) is 101 Å². The van der Waals surface area contributed by atoms with Gasteiger partial charge in [0.05, 0.1) is 4.88 Å². The van der Waals surface area contributed by atoms with Crippen LogP contribution < -0.4 is 5.32 Å². The first-order valence-electron chi connectivity index (χ1n) is 10.3. The Kier molecular flexibility index (Phi) is 7.54. The average Bonchev–Trinajstić information content (AvgIpc) is 3.38. The third-order valence-corrected chi connectivity index (χ3v) is 7.26. The van der Waals surface area contributed by atoms with Crippen molar-refractivity contribution in [1.82, 2.24) is 5.32 Å². The Bertz CT molecular complexity index is 1040. The summed E-state index contributed by atoms with van der Waals surface area (Å²) >= 11 is 3.86. The van der Waals surface area contributed by atoms with Gasteiger partial charge in [-0.25, -0.2) is 0 Å². The summed E-state index contributed by atoms with van der Waals surface area (Å²) in [5.41, 5.74) is 5.04. The van der Waals surface area contributed by atoms with E-state index < -0.39 is 0 Å². The monoisotopic (exact) mass is 537 g/mol. The van der Waals surface area contributed by atoms with Gasteiger partial charge >= 0.3 is 0 Å². The third-order valence-electron chi connectivity index (χ3n) is 5.51. The zero-order valence-electron chi connectivity index (χ0n) is 17.1. The van der Waals surface area contributed by atoms with Crippen LogP contribution in [0.2, 0.25) is 0 Å². The Morgan fingerprint density at radius 2 is 1.39 bits per heavy atom. The van der Waals surface area contributed by atoms with Crippen molar-refractivity contribution >= 4 is 39.8 Å². The molecule has 1 unspecified atom stereocenters. The van der Waals surface area contributed by atoms with Crippen molar-refractivity contribution in [2.24, 2.45) is 0 Å². The Morgan fingerprint density at radius 1 is 0.774 bits per heavy atom. The Labute approximate surface area is 201 Å². The van der Waals surface area contributed by atoms with E-state index in [1.807, 2.05) is 29.6 Å². The minimum Gasteiger partial charge on any atom is -0.351 e. The molecule has 31 heavy (non-hydrogen) atoms. The van der Waals surface area contributed by atoms with Gasteiger partial charge in [-0.05, 0) is 33.7 Å². The van der Waals surface area contributed by atoms with Crippen LogP contribution in [-0.2, 0) is 4.43 Å². The number of carbonyl (C=O) groups excluding carboxylic acids is 1. The summed E-state index contributed by atoms with van der Waals surface area (Å²) in [5, 5.41) is 5.14. The SMILES string of the molecule is O=C(NCC(c1ccc(CI)cc1)C(c1ccccc1)c1ccccc1)c1cccs1. The lowest BCUT2D eigenvalue weighted by Gasteiger charge is -2.29. The van der Waals surface area contributed by atoms with E-state index in [4.69, 9.17) is 0 Å². The molecule has 3 aromatic carbocycles. The van der Waals surface area contributed by atoms with Gasteiger partial charge < -0.3 is 5.32 Å². The molecule has 0 saturated carbocycles. The average molecular weight is 537 g/mol. The van der Waals surface area contributed by atoms with Gasteiger partial charge in [0.2, 0.25) is 0 Å². The lowest BCUT2D eigenvalue weighted by atomic mass is 9.77. The maximum absolute atomic E-state index is 12.7. The molecule has 0 aliphatic carbocycles. The molecule has 1 atom stereocenters. The summed E-state index contributed by atoms with van der Waals surface area (Å²) < 4.78 is 0.985. The first-order valence-corrected chi connectivity index (χ1v) is 12.7. The quantitative estimate of drug-likeness (QED) is 0.190. The van der Waals surface area contributed by atoms with Crippen LogP contribution in [-0.4, -0.2) is 12.5 Å². The molecule has 0 spiro atoms. The van der Waals surface area contributed by atoms with Gasteiger partial charge in [0.25, 0.3) is 5.91 Å². The summed E-state index contributed by atoms with van der Waals surface area (Å²) in [6.07, 6.45) is 0. The fraction of sp³-hybridized carbons (Fsp3) is 0.148. The molecule has 156 valence electrons.